The van der Waals surface area contributed by atoms with E-state index in [1.54, 1.807) is 0 Å². The van der Waals surface area contributed by atoms with Crippen molar-refractivity contribution in [2.75, 3.05) is 19.7 Å². The van der Waals surface area contributed by atoms with Gasteiger partial charge in [0, 0.05) is 6.54 Å². The van der Waals surface area contributed by atoms with Crippen LogP contribution in [0.3, 0.4) is 0 Å². The van der Waals surface area contributed by atoms with Gasteiger partial charge in [-0.25, -0.2) is 0 Å². The lowest BCUT2D eigenvalue weighted by Gasteiger charge is -2.25. The van der Waals surface area contributed by atoms with Gasteiger partial charge in [0.15, 0.2) is 0 Å². The van der Waals surface area contributed by atoms with Crippen LogP contribution in [0.5, 0.6) is 0 Å². The summed E-state index contributed by atoms with van der Waals surface area (Å²) in [6.07, 6.45) is 5.47. The Kier molecular flexibility index (Phi) is 3.65. The van der Waals surface area contributed by atoms with Crippen LogP contribution in [-0.4, -0.2) is 37.5 Å². The van der Waals surface area contributed by atoms with E-state index in [1.165, 1.54) is 12.8 Å². The highest BCUT2D eigenvalue weighted by Gasteiger charge is 2.32. The molecule has 2 heterocycles. The maximum atomic E-state index is 5.89. The second-order valence-electron chi connectivity index (χ2n) is 5.34. The highest BCUT2D eigenvalue weighted by atomic mass is 16.6. The lowest BCUT2D eigenvalue weighted by molar-refractivity contribution is -0.0731. The summed E-state index contributed by atoms with van der Waals surface area (Å²) in [6.45, 7) is 7.25. The van der Waals surface area contributed by atoms with Crippen LogP contribution in [0.15, 0.2) is 0 Å². The first-order valence-corrected chi connectivity index (χ1v) is 6.16. The summed E-state index contributed by atoms with van der Waals surface area (Å²) in [5.41, 5.74) is 0.0683. The Morgan fingerprint density at radius 1 is 1.40 bits per heavy atom. The van der Waals surface area contributed by atoms with E-state index in [1.807, 2.05) is 0 Å². The van der Waals surface area contributed by atoms with Crippen molar-refractivity contribution in [1.29, 1.82) is 0 Å². The van der Waals surface area contributed by atoms with Gasteiger partial charge in [0.05, 0.1) is 24.4 Å². The van der Waals surface area contributed by atoms with E-state index in [0.717, 1.165) is 32.5 Å². The van der Waals surface area contributed by atoms with Gasteiger partial charge in [0.1, 0.15) is 0 Å². The van der Waals surface area contributed by atoms with Crippen LogP contribution in [0, 0.1) is 0 Å². The van der Waals surface area contributed by atoms with Crippen molar-refractivity contribution in [3.8, 4) is 0 Å². The maximum Gasteiger partial charge on any atom is 0.0817 e. The van der Waals surface area contributed by atoms with Gasteiger partial charge in [-0.15, -0.1) is 0 Å². The van der Waals surface area contributed by atoms with Crippen molar-refractivity contribution in [2.45, 2.75) is 57.3 Å². The summed E-state index contributed by atoms with van der Waals surface area (Å²) in [4.78, 5) is 0. The van der Waals surface area contributed by atoms with Crippen molar-refractivity contribution in [1.82, 2.24) is 5.32 Å². The molecular weight excluding hydrogens is 190 g/mol. The fourth-order valence-electron chi connectivity index (χ4n) is 2.40. The van der Waals surface area contributed by atoms with Crippen LogP contribution in [0.4, 0.5) is 0 Å². The average Bonchev–Trinajstić information content (AvgIpc) is 2.57. The molecule has 0 spiro atoms. The van der Waals surface area contributed by atoms with E-state index in [2.05, 4.69) is 19.2 Å². The molecule has 0 amide bonds. The number of ether oxygens (including phenoxy) is 2. The molecule has 0 bridgehead atoms. The Balaban J connectivity index is 1.65. The topological polar surface area (TPSA) is 30.5 Å². The minimum Gasteiger partial charge on any atom is -0.374 e. The van der Waals surface area contributed by atoms with Gasteiger partial charge in [0.2, 0.25) is 0 Å². The summed E-state index contributed by atoms with van der Waals surface area (Å²) in [7, 11) is 0. The summed E-state index contributed by atoms with van der Waals surface area (Å²) < 4.78 is 11.8. The first-order chi connectivity index (χ1) is 7.16. The van der Waals surface area contributed by atoms with Crippen LogP contribution in [0.25, 0.3) is 0 Å². The molecule has 0 aliphatic carbocycles. The van der Waals surface area contributed by atoms with Crippen LogP contribution >= 0.6 is 0 Å². The summed E-state index contributed by atoms with van der Waals surface area (Å²) >= 11 is 0. The van der Waals surface area contributed by atoms with Crippen LogP contribution in [0.2, 0.25) is 0 Å². The molecule has 15 heavy (non-hydrogen) atoms. The molecule has 0 aromatic rings. The smallest absolute Gasteiger partial charge is 0.0817 e. The molecule has 0 radical (unpaired) electrons. The molecule has 2 saturated heterocycles. The third-order valence-electron chi connectivity index (χ3n) is 3.32. The number of rotatable bonds is 3. The maximum absolute atomic E-state index is 5.89. The van der Waals surface area contributed by atoms with E-state index in [4.69, 9.17) is 9.47 Å². The minimum absolute atomic E-state index is 0.0683. The fraction of sp³-hybridized carbons (Fsp3) is 1.00. The zero-order valence-electron chi connectivity index (χ0n) is 9.92. The van der Waals surface area contributed by atoms with Crippen LogP contribution < -0.4 is 5.32 Å². The monoisotopic (exact) mass is 213 g/mol. The number of piperidine rings is 1. The fourth-order valence-corrected chi connectivity index (χ4v) is 2.40. The Morgan fingerprint density at radius 2 is 2.27 bits per heavy atom. The zero-order chi connectivity index (χ0) is 10.7. The number of hydrogen-bond acceptors (Lipinski definition) is 3. The largest absolute Gasteiger partial charge is 0.374 e. The first-order valence-electron chi connectivity index (χ1n) is 6.16. The molecule has 3 heteroatoms. The van der Waals surface area contributed by atoms with Crippen molar-refractivity contribution in [3.63, 3.8) is 0 Å². The first kappa shape index (κ1) is 11.4. The van der Waals surface area contributed by atoms with Crippen molar-refractivity contribution in [2.24, 2.45) is 0 Å². The van der Waals surface area contributed by atoms with Gasteiger partial charge in [-0.1, -0.05) is 0 Å². The molecule has 3 nitrogen and oxygen atoms in total. The third kappa shape index (κ3) is 3.44. The molecule has 0 saturated carbocycles. The van der Waals surface area contributed by atoms with E-state index in [9.17, 15) is 0 Å². The molecule has 2 fully saturated rings. The Labute approximate surface area is 92.5 Å². The van der Waals surface area contributed by atoms with Crippen molar-refractivity contribution in [3.05, 3.63) is 0 Å². The molecule has 0 aromatic heterocycles. The highest BCUT2D eigenvalue weighted by Crippen LogP contribution is 2.29. The Hall–Kier alpha value is -0.120. The van der Waals surface area contributed by atoms with Gasteiger partial charge < -0.3 is 14.8 Å². The van der Waals surface area contributed by atoms with Crippen LogP contribution in [0.1, 0.15) is 39.5 Å². The molecule has 2 atom stereocenters. The van der Waals surface area contributed by atoms with Crippen molar-refractivity contribution >= 4 is 0 Å². The average molecular weight is 213 g/mol. The van der Waals surface area contributed by atoms with Gasteiger partial charge in [-0.05, 0) is 46.1 Å². The van der Waals surface area contributed by atoms with E-state index < -0.39 is 0 Å². The van der Waals surface area contributed by atoms with Gasteiger partial charge in [-0.2, -0.15) is 0 Å². The highest BCUT2D eigenvalue weighted by molar-refractivity contribution is 4.81. The van der Waals surface area contributed by atoms with Gasteiger partial charge in [0.25, 0.3) is 0 Å². The SMILES string of the molecule is CC1(C)CCC(CO[C@H]2CCCNC2)O1. The van der Waals surface area contributed by atoms with E-state index >= 15 is 0 Å². The molecular formula is C12H23NO2. The van der Waals surface area contributed by atoms with Crippen molar-refractivity contribution < 1.29 is 9.47 Å². The summed E-state index contributed by atoms with van der Waals surface area (Å²) in [6, 6.07) is 0. The molecule has 0 aromatic carbocycles. The predicted octanol–water partition coefficient (Wildman–Crippen LogP) is 1.71. The molecule has 88 valence electrons. The molecule has 1 N–H and O–H groups in total. The van der Waals surface area contributed by atoms with E-state index in [-0.39, 0.29) is 5.60 Å². The third-order valence-corrected chi connectivity index (χ3v) is 3.32. The Bertz CT molecular complexity index is 200. The predicted molar refractivity (Wildman–Crippen MR) is 60.0 cm³/mol. The van der Waals surface area contributed by atoms with E-state index in [0.29, 0.717) is 12.2 Å². The number of nitrogens with one attached hydrogen (secondary N) is 1. The molecule has 2 aliphatic rings. The summed E-state index contributed by atoms with van der Waals surface area (Å²) in [5.74, 6) is 0. The molecule has 2 rings (SSSR count). The standard InChI is InChI=1S/C12H23NO2/c1-12(2)6-5-11(15-12)9-14-10-4-3-7-13-8-10/h10-11,13H,3-9H2,1-2H3/t10-,11?/m0/s1. The van der Waals surface area contributed by atoms with Gasteiger partial charge >= 0.3 is 0 Å². The second kappa shape index (κ2) is 4.81. The molecule has 1 unspecified atom stereocenters. The lowest BCUT2D eigenvalue weighted by Crippen LogP contribution is -2.37. The van der Waals surface area contributed by atoms with Crippen LogP contribution in [-0.2, 0) is 9.47 Å². The van der Waals surface area contributed by atoms with Gasteiger partial charge in [-0.3, -0.25) is 0 Å². The Morgan fingerprint density at radius 3 is 2.87 bits per heavy atom. The quantitative estimate of drug-likeness (QED) is 0.774. The number of hydrogen-bond donors (Lipinski definition) is 1. The normalized spacial score (nSPS) is 35.6. The second-order valence-corrected chi connectivity index (χ2v) is 5.34. The molecule has 2 aliphatic heterocycles. The summed E-state index contributed by atoms with van der Waals surface area (Å²) in [5, 5.41) is 3.36. The zero-order valence-corrected chi connectivity index (χ0v) is 9.92. The lowest BCUT2D eigenvalue weighted by atomic mass is 10.1. The minimum atomic E-state index is 0.0683.